The van der Waals surface area contributed by atoms with Gasteiger partial charge in [0.25, 0.3) is 0 Å². The minimum absolute atomic E-state index is 0.0484. The lowest BCUT2D eigenvalue weighted by atomic mass is 9.96. The van der Waals surface area contributed by atoms with Crippen LogP contribution in [0.3, 0.4) is 0 Å². The van der Waals surface area contributed by atoms with Gasteiger partial charge in [-0.15, -0.1) is 0 Å². The maximum Gasteiger partial charge on any atom is 0.355 e. The second-order valence-electron chi connectivity index (χ2n) is 5.36. The molecule has 1 aromatic carbocycles. The molecule has 140 valence electrons. The second kappa shape index (κ2) is 7.92. The van der Waals surface area contributed by atoms with E-state index in [1.807, 2.05) is 0 Å². The van der Waals surface area contributed by atoms with E-state index in [0.29, 0.717) is 34.1 Å². The van der Waals surface area contributed by atoms with E-state index < -0.39 is 5.97 Å². The molecule has 2 aromatic rings. The Morgan fingerprint density at radius 2 is 1.69 bits per heavy atom. The van der Waals surface area contributed by atoms with Crippen LogP contribution in [0.2, 0.25) is 0 Å². The van der Waals surface area contributed by atoms with Crippen LogP contribution in [0, 0.1) is 0 Å². The van der Waals surface area contributed by atoms with Crippen molar-refractivity contribution in [2.24, 2.45) is 5.73 Å². The number of esters is 1. The summed E-state index contributed by atoms with van der Waals surface area (Å²) in [6.45, 7) is 1.44. The van der Waals surface area contributed by atoms with E-state index in [0.717, 1.165) is 0 Å². The van der Waals surface area contributed by atoms with Gasteiger partial charge in [-0.3, -0.25) is 4.79 Å². The number of nitrogens with two attached hydrogens (primary N) is 1. The lowest BCUT2D eigenvalue weighted by Gasteiger charge is -2.16. The second-order valence-corrected chi connectivity index (χ2v) is 5.36. The molecule has 0 aliphatic rings. The van der Waals surface area contributed by atoms with Gasteiger partial charge in [0.1, 0.15) is 5.69 Å². The minimum Gasteiger partial charge on any atom is -0.493 e. The number of Topliss-reactive ketones (excluding diaryl/α,β-unsaturated/α-hetero) is 1. The molecule has 0 radical (unpaired) electrons. The average Bonchev–Trinajstić information content (AvgIpc) is 3.05. The van der Waals surface area contributed by atoms with Crippen molar-refractivity contribution in [3.05, 3.63) is 29.1 Å². The van der Waals surface area contributed by atoms with Crippen LogP contribution in [0.1, 0.15) is 33.5 Å². The number of ether oxygens (including phenoxy) is 4. The van der Waals surface area contributed by atoms with Crippen LogP contribution in [-0.2, 0) is 11.3 Å². The van der Waals surface area contributed by atoms with Crippen LogP contribution in [-0.4, -0.2) is 45.2 Å². The molecule has 0 bridgehead atoms. The molecule has 1 heterocycles. The summed E-state index contributed by atoms with van der Waals surface area (Å²) in [5.41, 5.74) is 7.59. The summed E-state index contributed by atoms with van der Waals surface area (Å²) < 4.78 is 21.0. The first-order valence-electron chi connectivity index (χ1n) is 7.78. The number of H-pyrrole nitrogens is 1. The quantitative estimate of drug-likeness (QED) is 0.573. The zero-order valence-electron chi connectivity index (χ0n) is 15.4. The van der Waals surface area contributed by atoms with Crippen LogP contribution in [0.25, 0.3) is 11.1 Å². The largest absolute Gasteiger partial charge is 0.493 e. The predicted octanol–water partition coefficient (Wildman–Crippen LogP) is 2.16. The number of methoxy groups -OCH3 is 4. The number of rotatable bonds is 7. The molecule has 8 nitrogen and oxygen atoms in total. The molecule has 0 fully saturated rings. The zero-order chi connectivity index (χ0) is 19.4. The number of ketones is 1. The van der Waals surface area contributed by atoms with Crippen molar-refractivity contribution in [1.29, 1.82) is 0 Å². The van der Waals surface area contributed by atoms with Crippen LogP contribution < -0.4 is 19.9 Å². The highest BCUT2D eigenvalue weighted by Gasteiger charge is 2.29. The number of hydrogen-bond acceptors (Lipinski definition) is 7. The lowest BCUT2D eigenvalue weighted by Crippen LogP contribution is -2.08. The Labute approximate surface area is 151 Å². The molecular formula is C18H22N2O6. The van der Waals surface area contributed by atoms with Crippen LogP contribution >= 0.6 is 0 Å². The smallest absolute Gasteiger partial charge is 0.355 e. The Morgan fingerprint density at radius 1 is 1.04 bits per heavy atom. The summed E-state index contributed by atoms with van der Waals surface area (Å²) in [5, 5.41) is 0. The van der Waals surface area contributed by atoms with Gasteiger partial charge in [-0.1, -0.05) is 0 Å². The van der Waals surface area contributed by atoms with Crippen molar-refractivity contribution in [2.75, 3.05) is 28.4 Å². The maximum atomic E-state index is 12.3. The van der Waals surface area contributed by atoms with Crippen molar-refractivity contribution in [3.8, 4) is 28.4 Å². The summed E-state index contributed by atoms with van der Waals surface area (Å²) in [5.74, 6) is 0.226. The van der Waals surface area contributed by atoms with E-state index in [4.69, 9.17) is 24.7 Å². The van der Waals surface area contributed by atoms with Gasteiger partial charge in [-0.2, -0.15) is 0 Å². The Bertz CT molecular complexity index is 841. The summed E-state index contributed by atoms with van der Waals surface area (Å²) in [6, 6.07) is 3.40. The standard InChI is InChI=1S/C18H22N2O6/c1-9(21)13-14(11(8-19)20-15(13)18(22)26-5)10-6-7-12(23-2)17(25-4)16(10)24-3/h6-7,20H,8,19H2,1-5H3. The first kappa shape index (κ1) is 19.3. The fraction of sp³-hybridized carbons (Fsp3) is 0.333. The molecular weight excluding hydrogens is 340 g/mol. The predicted molar refractivity (Wildman–Crippen MR) is 95.1 cm³/mol. The monoisotopic (exact) mass is 362 g/mol. The van der Waals surface area contributed by atoms with Gasteiger partial charge in [-0.25, -0.2) is 4.79 Å². The Kier molecular flexibility index (Phi) is 5.89. The first-order chi connectivity index (χ1) is 12.4. The highest BCUT2D eigenvalue weighted by Crippen LogP contribution is 2.46. The normalized spacial score (nSPS) is 10.4. The van der Waals surface area contributed by atoms with E-state index in [-0.39, 0.29) is 23.6 Å². The Morgan fingerprint density at radius 3 is 2.15 bits per heavy atom. The van der Waals surface area contributed by atoms with Crippen LogP contribution in [0.15, 0.2) is 12.1 Å². The van der Waals surface area contributed by atoms with Gasteiger partial charge in [0, 0.05) is 23.4 Å². The van der Waals surface area contributed by atoms with Gasteiger partial charge in [0.2, 0.25) is 5.75 Å². The Hall–Kier alpha value is -3.00. The number of benzene rings is 1. The van der Waals surface area contributed by atoms with Crippen molar-refractivity contribution in [1.82, 2.24) is 4.98 Å². The van der Waals surface area contributed by atoms with E-state index in [9.17, 15) is 9.59 Å². The molecule has 0 amide bonds. The highest BCUT2D eigenvalue weighted by atomic mass is 16.5. The van der Waals surface area contributed by atoms with E-state index in [1.165, 1.54) is 35.4 Å². The van der Waals surface area contributed by atoms with Crippen LogP contribution in [0.4, 0.5) is 0 Å². The third kappa shape index (κ3) is 3.11. The number of nitrogens with one attached hydrogen (secondary N) is 1. The molecule has 1 aromatic heterocycles. The van der Waals surface area contributed by atoms with Crippen LogP contribution in [0.5, 0.6) is 17.2 Å². The van der Waals surface area contributed by atoms with Crippen molar-refractivity contribution < 1.29 is 28.5 Å². The summed E-state index contributed by atoms with van der Waals surface area (Å²) in [6.07, 6.45) is 0. The van der Waals surface area contributed by atoms with Gasteiger partial charge in [0.15, 0.2) is 17.3 Å². The van der Waals surface area contributed by atoms with E-state index in [2.05, 4.69) is 4.98 Å². The number of carbonyl (C=O) groups is 2. The number of aromatic amines is 1. The topological polar surface area (TPSA) is 113 Å². The van der Waals surface area contributed by atoms with Crippen molar-refractivity contribution >= 4 is 11.8 Å². The molecule has 0 atom stereocenters. The minimum atomic E-state index is -0.657. The zero-order valence-corrected chi connectivity index (χ0v) is 15.4. The number of hydrogen-bond donors (Lipinski definition) is 2. The van der Waals surface area contributed by atoms with Gasteiger partial charge in [-0.05, 0) is 19.1 Å². The highest BCUT2D eigenvalue weighted by molar-refractivity contribution is 6.10. The molecule has 0 spiro atoms. The molecule has 0 unspecified atom stereocenters. The lowest BCUT2D eigenvalue weighted by molar-refractivity contribution is 0.0591. The molecule has 3 N–H and O–H groups in total. The molecule has 8 heteroatoms. The number of aromatic nitrogens is 1. The maximum absolute atomic E-state index is 12.3. The molecule has 0 aliphatic carbocycles. The molecule has 2 rings (SSSR count). The fourth-order valence-electron chi connectivity index (χ4n) is 2.91. The first-order valence-corrected chi connectivity index (χ1v) is 7.78. The molecule has 0 aliphatic heterocycles. The summed E-state index contributed by atoms with van der Waals surface area (Å²) >= 11 is 0. The van der Waals surface area contributed by atoms with E-state index in [1.54, 1.807) is 12.1 Å². The summed E-state index contributed by atoms with van der Waals surface area (Å²) in [4.78, 5) is 27.3. The molecule has 0 saturated heterocycles. The van der Waals surface area contributed by atoms with Crippen molar-refractivity contribution in [2.45, 2.75) is 13.5 Å². The molecule has 26 heavy (non-hydrogen) atoms. The van der Waals surface area contributed by atoms with Gasteiger partial charge >= 0.3 is 5.97 Å². The van der Waals surface area contributed by atoms with Crippen molar-refractivity contribution in [3.63, 3.8) is 0 Å². The third-order valence-electron chi connectivity index (χ3n) is 4.00. The fourth-order valence-corrected chi connectivity index (χ4v) is 2.91. The SMILES string of the molecule is COC(=O)c1[nH]c(CN)c(-c2ccc(OC)c(OC)c2OC)c1C(C)=O. The molecule has 0 saturated carbocycles. The third-order valence-corrected chi connectivity index (χ3v) is 4.00. The number of carbonyl (C=O) groups excluding carboxylic acids is 2. The van der Waals surface area contributed by atoms with Gasteiger partial charge in [0.05, 0.1) is 34.0 Å². The Balaban J connectivity index is 2.90. The average molecular weight is 362 g/mol. The summed E-state index contributed by atoms with van der Waals surface area (Å²) in [7, 11) is 5.71. The van der Waals surface area contributed by atoms with Gasteiger partial charge < -0.3 is 29.7 Å². The van der Waals surface area contributed by atoms with E-state index >= 15 is 0 Å².